The van der Waals surface area contributed by atoms with Crippen molar-refractivity contribution in [3.63, 3.8) is 0 Å². The lowest BCUT2D eigenvalue weighted by Gasteiger charge is -2.37. The number of hydrogen-bond acceptors (Lipinski definition) is 5. The zero-order valence-corrected chi connectivity index (χ0v) is 16.1. The molecule has 2 atom stereocenters. The van der Waals surface area contributed by atoms with E-state index in [2.05, 4.69) is 11.8 Å². The lowest BCUT2D eigenvalue weighted by molar-refractivity contribution is -0.224. The van der Waals surface area contributed by atoms with Crippen LogP contribution in [0.3, 0.4) is 0 Å². The van der Waals surface area contributed by atoms with Crippen molar-refractivity contribution >= 4 is 0 Å². The van der Waals surface area contributed by atoms with Crippen LogP contribution >= 0.6 is 0 Å². The number of ether oxygens (including phenoxy) is 5. The average molecular weight is 342 g/mol. The molecule has 1 aliphatic rings. The van der Waals surface area contributed by atoms with Gasteiger partial charge < -0.3 is 23.7 Å². The van der Waals surface area contributed by atoms with Crippen molar-refractivity contribution in [3.05, 3.63) is 0 Å². The van der Waals surface area contributed by atoms with E-state index in [1.807, 2.05) is 34.6 Å². The fourth-order valence-corrected chi connectivity index (χ4v) is 2.83. The van der Waals surface area contributed by atoms with Gasteiger partial charge in [-0.2, -0.15) is 0 Å². The van der Waals surface area contributed by atoms with Gasteiger partial charge in [0.1, 0.15) is 5.60 Å². The van der Waals surface area contributed by atoms with Crippen LogP contribution in [0.4, 0.5) is 0 Å². The topological polar surface area (TPSA) is 46.2 Å². The van der Waals surface area contributed by atoms with Gasteiger partial charge in [-0.05, 0) is 59.8 Å². The summed E-state index contributed by atoms with van der Waals surface area (Å²) in [5.41, 5.74) is -1.06. The summed E-state index contributed by atoms with van der Waals surface area (Å²) in [5.74, 6) is 6.20. The molecule has 1 fully saturated rings. The highest BCUT2D eigenvalue weighted by Gasteiger charge is 2.34. The van der Waals surface area contributed by atoms with Gasteiger partial charge in [-0.15, -0.1) is 0 Å². The molecule has 0 aromatic carbocycles. The summed E-state index contributed by atoms with van der Waals surface area (Å²) in [7, 11) is 1.66. The van der Waals surface area contributed by atoms with E-state index in [0.717, 1.165) is 25.9 Å². The molecule has 0 bridgehead atoms. The summed E-state index contributed by atoms with van der Waals surface area (Å²) < 4.78 is 28.4. The predicted octanol–water partition coefficient (Wildman–Crippen LogP) is 3.51. The van der Waals surface area contributed by atoms with Gasteiger partial charge in [-0.1, -0.05) is 5.92 Å². The minimum atomic E-state index is -0.648. The fraction of sp³-hybridized carbons (Fsp3) is 0.895. The van der Waals surface area contributed by atoms with E-state index < -0.39 is 17.5 Å². The molecule has 1 aliphatic heterocycles. The summed E-state index contributed by atoms with van der Waals surface area (Å²) >= 11 is 0. The highest BCUT2D eigenvalue weighted by molar-refractivity contribution is 5.16. The molecular weight excluding hydrogens is 308 g/mol. The molecule has 140 valence electrons. The molecule has 24 heavy (non-hydrogen) atoms. The van der Waals surface area contributed by atoms with E-state index >= 15 is 0 Å². The Labute approximate surface area is 147 Å². The van der Waals surface area contributed by atoms with Gasteiger partial charge in [0.05, 0.1) is 5.60 Å². The van der Waals surface area contributed by atoms with Crippen molar-refractivity contribution in [1.29, 1.82) is 0 Å². The Balaban J connectivity index is 2.70. The molecule has 2 unspecified atom stereocenters. The first-order chi connectivity index (χ1) is 11.3. The molecule has 1 saturated heterocycles. The summed E-state index contributed by atoms with van der Waals surface area (Å²) in [5, 5.41) is 0. The largest absolute Gasteiger partial charge is 0.366 e. The van der Waals surface area contributed by atoms with Gasteiger partial charge in [-0.3, -0.25) is 0 Å². The smallest absolute Gasteiger partial charge is 0.222 e. The van der Waals surface area contributed by atoms with E-state index in [0.29, 0.717) is 19.6 Å². The lowest BCUT2D eigenvalue weighted by atomic mass is 9.90. The zero-order valence-electron chi connectivity index (χ0n) is 16.1. The molecule has 0 spiro atoms. The normalized spacial score (nSPS) is 21.2. The third-order valence-corrected chi connectivity index (χ3v) is 3.89. The second-order valence-corrected chi connectivity index (χ2v) is 6.80. The Bertz CT molecular complexity index is 400. The van der Waals surface area contributed by atoms with Crippen LogP contribution < -0.4 is 0 Å². The van der Waals surface area contributed by atoms with Gasteiger partial charge in [0, 0.05) is 33.4 Å². The van der Waals surface area contributed by atoms with Crippen LogP contribution in [-0.2, 0) is 23.7 Å². The van der Waals surface area contributed by atoms with Crippen LogP contribution in [0, 0.1) is 11.8 Å². The molecule has 0 N–H and O–H groups in total. The van der Waals surface area contributed by atoms with Crippen LogP contribution in [-0.4, -0.2) is 50.7 Å². The molecule has 0 aromatic rings. The van der Waals surface area contributed by atoms with E-state index in [1.165, 1.54) is 0 Å². The molecular formula is C19H34O5. The maximum Gasteiger partial charge on any atom is 0.222 e. The molecule has 0 aliphatic carbocycles. The molecule has 1 heterocycles. The third kappa shape index (κ3) is 7.96. The zero-order chi connectivity index (χ0) is 18.1. The third-order valence-electron chi connectivity index (χ3n) is 3.89. The maximum absolute atomic E-state index is 6.15. The van der Waals surface area contributed by atoms with Gasteiger partial charge in [0.25, 0.3) is 0 Å². The predicted molar refractivity (Wildman–Crippen MR) is 93.6 cm³/mol. The van der Waals surface area contributed by atoms with Crippen LogP contribution in [0.1, 0.15) is 60.3 Å². The van der Waals surface area contributed by atoms with E-state index in [1.54, 1.807) is 7.11 Å². The fourth-order valence-electron chi connectivity index (χ4n) is 2.83. The Kier molecular flexibility index (Phi) is 9.25. The first kappa shape index (κ1) is 21.4. The van der Waals surface area contributed by atoms with E-state index in [-0.39, 0.29) is 6.29 Å². The Hall–Kier alpha value is -0.640. The van der Waals surface area contributed by atoms with Gasteiger partial charge in [0.2, 0.25) is 6.29 Å². The number of methoxy groups -OCH3 is 1. The van der Waals surface area contributed by atoms with E-state index in [4.69, 9.17) is 23.7 Å². The first-order valence-corrected chi connectivity index (χ1v) is 8.94. The van der Waals surface area contributed by atoms with Crippen molar-refractivity contribution in [2.75, 3.05) is 26.9 Å². The van der Waals surface area contributed by atoms with E-state index in [9.17, 15) is 0 Å². The monoisotopic (exact) mass is 342 g/mol. The minimum absolute atomic E-state index is 0.137. The minimum Gasteiger partial charge on any atom is -0.366 e. The Morgan fingerprint density at radius 1 is 1.12 bits per heavy atom. The Morgan fingerprint density at radius 3 is 2.29 bits per heavy atom. The molecule has 0 saturated carbocycles. The molecule has 5 nitrogen and oxygen atoms in total. The van der Waals surface area contributed by atoms with Crippen LogP contribution in [0.15, 0.2) is 0 Å². The van der Waals surface area contributed by atoms with Crippen LogP contribution in [0.5, 0.6) is 0 Å². The Morgan fingerprint density at radius 2 is 1.79 bits per heavy atom. The molecule has 0 amide bonds. The second-order valence-electron chi connectivity index (χ2n) is 6.80. The van der Waals surface area contributed by atoms with Crippen molar-refractivity contribution < 1.29 is 23.7 Å². The van der Waals surface area contributed by atoms with Crippen molar-refractivity contribution in [2.24, 2.45) is 0 Å². The van der Waals surface area contributed by atoms with Crippen molar-refractivity contribution in [2.45, 2.75) is 84.1 Å². The summed E-state index contributed by atoms with van der Waals surface area (Å²) in [6.45, 7) is 11.8. The molecule has 0 radical (unpaired) electrons. The number of rotatable bonds is 9. The summed E-state index contributed by atoms with van der Waals surface area (Å²) in [6, 6.07) is 0. The molecule has 0 aromatic heterocycles. The standard InChI is InChI=1S/C19H34O5/c1-7-21-16(22-8-2)12-13-19(5,20-6)15-18(3,4)24-17-11-9-10-14-23-17/h16-17H,7-11,14-15H2,1-6H3. The lowest BCUT2D eigenvalue weighted by Crippen LogP contribution is -2.41. The first-order valence-electron chi connectivity index (χ1n) is 8.94. The highest BCUT2D eigenvalue weighted by Crippen LogP contribution is 2.29. The second kappa shape index (κ2) is 10.4. The quantitative estimate of drug-likeness (QED) is 0.474. The van der Waals surface area contributed by atoms with Crippen molar-refractivity contribution in [1.82, 2.24) is 0 Å². The van der Waals surface area contributed by atoms with Gasteiger partial charge in [-0.25, -0.2) is 0 Å². The maximum atomic E-state index is 6.15. The highest BCUT2D eigenvalue weighted by atomic mass is 16.7. The SMILES string of the molecule is CCOC(C#CC(C)(CC(C)(C)OC1CCCCO1)OC)OCC. The molecule has 1 rings (SSSR count). The summed E-state index contributed by atoms with van der Waals surface area (Å²) in [4.78, 5) is 0. The van der Waals surface area contributed by atoms with Crippen LogP contribution in [0.25, 0.3) is 0 Å². The van der Waals surface area contributed by atoms with Crippen molar-refractivity contribution in [3.8, 4) is 11.8 Å². The van der Waals surface area contributed by atoms with Crippen LogP contribution in [0.2, 0.25) is 0 Å². The van der Waals surface area contributed by atoms with Gasteiger partial charge in [0.15, 0.2) is 6.29 Å². The summed E-state index contributed by atoms with van der Waals surface area (Å²) in [6.07, 6.45) is 3.15. The molecule has 5 heteroatoms. The average Bonchev–Trinajstić information content (AvgIpc) is 2.53. The van der Waals surface area contributed by atoms with Gasteiger partial charge >= 0.3 is 0 Å². The number of hydrogen-bond donors (Lipinski definition) is 0.